The Bertz CT molecular complexity index is 233. The molecule has 1 aromatic rings. The van der Waals surface area contributed by atoms with Gasteiger partial charge in [0.15, 0.2) is 5.78 Å². The third kappa shape index (κ3) is 1.85. The number of carbonyl (C=O) groups excluding carboxylic acids is 1. The predicted molar refractivity (Wildman–Crippen MR) is 44.7 cm³/mol. The summed E-state index contributed by atoms with van der Waals surface area (Å²) >= 11 is 1.27. The number of nitrogens with two attached hydrogens (primary N) is 1. The summed E-state index contributed by atoms with van der Waals surface area (Å²) in [6, 6.07) is -0.369. The highest BCUT2D eigenvalue weighted by molar-refractivity contribution is 7.03. The zero-order valence-corrected chi connectivity index (χ0v) is 7.10. The molecule has 4 heteroatoms. The molecule has 0 spiro atoms. The molecule has 3 nitrogen and oxygen atoms in total. The summed E-state index contributed by atoms with van der Waals surface area (Å²) in [5.74, 6) is -0.0127. The van der Waals surface area contributed by atoms with Crippen molar-refractivity contribution in [3.05, 3.63) is 17.1 Å². The highest BCUT2D eigenvalue weighted by Crippen LogP contribution is 2.05. The van der Waals surface area contributed by atoms with Crippen molar-refractivity contribution in [3.8, 4) is 0 Å². The lowest BCUT2D eigenvalue weighted by Crippen LogP contribution is -2.29. The minimum atomic E-state index is -0.369. The lowest BCUT2D eigenvalue weighted by Gasteiger charge is -2.03. The lowest BCUT2D eigenvalue weighted by molar-refractivity contribution is 0.0959. The molecule has 0 aliphatic heterocycles. The molecule has 0 saturated carbocycles. The Morgan fingerprint density at radius 2 is 2.64 bits per heavy atom. The van der Waals surface area contributed by atoms with Crippen LogP contribution in [0.3, 0.4) is 0 Å². The highest BCUT2D eigenvalue weighted by Gasteiger charge is 2.13. The van der Waals surface area contributed by atoms with Crippen molar-refractivity contribution in [2.24, 2.45) is 5.73 Å². The summed E-state index contributed by atoms with van der Waals surface area (Å²) in [6.45, 7) is 1.89. The molecule has 0 bridgehead atoms. The molecule has 1 heterocycles. The SMILES string of the molecule is CC[C@@H](N)C(=O)c1cnsc1. The van der Waals surface area contributed by atoms with E-state index in [0.717, 1.165) is 0 Å². The quantitative estimate of drug-likeness (QED) is 0.690. The fourth-order valence-electron chi connectivity index (χ4n) is 0.726. The van der Waals surface area contributed by atoms with Crippen molar-refractivity contribution in [2.75, 3.05) is 0 Å². The number of aromatic nitrogens is 1. The van der Waals surface area contributed by atoms with E-state index in [2.05, 4.69) is 4.37 Å². The molecule has 0 unspecified atom stereocenters. The normalized spacial score (nSPS) is 12.9. The molecule has 1 aromatic heterocycles. The molecular formula is C7H10N2OS. The van der Waals surface area contributed by atoms with E-state index in [1.807, 2.05) is 6.92 Å². The summed E-state index contributed by atoms with van der Waals surface area (Å²) in [4.78, 5) is 11.3. The van der Waals surface area contributed by atoms with Crippen LogP contribution in [0.5, 0.6) is 0 Å². The van der Waals surface area contributed by atoms with Gasteiger partial charge in [0, 0.05) is 10.9 Å². The molecule has 0 aliphatic carbocycles. The molecule has 0 aromatic carbocycles. The first-order valence-electron chi connectivity index (χ1n) is 3.45. The third-order valence-electron chi connectivity index (χ3n) is 1.49. The van der Waals surface area contributed by atoms with E-state index in [4.69, 9.17) is 5.73 Å². The Morgan fingerprint density at radius 1 is 1.91 bits per heavy atom. The average molecular weight is 170 g/mol. The molecule has 1 rings (SSSR count). The Balaban J connectivity index is 2.70. The second kappa shape index (κ2) is 3.59. The number of carbonyl (C=O) groups is 1. The Morgan fingerprint density at radius 3 is 3.09 bits per heavy atom. The monoisotopic (exact) mass is 170 g/mol. The van der Waals surface area contributed by atoms with Crippen molar-refractivity contribution in [2.45, 2.75) is 19.4 Å². The van der Waals surface area contributed by atoms with Crippen LogP contribution in [0.25, 0.3) is 0 Å². The molecule has 0 radical (unpaired) electrons. The first kappa shape index (κ1) is 8.36. The van der Waals surface area contributed by atoms with Crippen LogP contribution in [-0.4, -0.2) is 16.2 Å². The minimum Gasteiger partial charge on any atom is -0.321 e. The van der Waals surface area contributed by atoms with Crippen LogP contribution in [-0.2, 0) is 0 Å². The summed E-state index contributed by atoms with van der Waals surface area (Å²) in [5, 5.41) is 1.72. The van der Waals surface area contributed by atoms with E-state index < -0.39 is 0 Å². The second-order valence-corrected chi connectivity index (χ2v) is 2.95. The van der Waals surface area contributed by atoms with Crippen molar-refractivity contribution in [1.82, 2.24) is 4.37 Å². The lowest BCUT2D eigenvalue weighted by atomic mass is 10.1. The second-order valence-electron chi connectivity index (χ2n) is 2.29. The zero-order chi connectivity index (χ0) is 8.27. The molecule has 0 amide bonds. The molecule has 0 fully saturated rings. The van der Waals surface area contributed by atoms with Gasteiger partial charge in [0.05, 0.1) is 12.2 Å². The van der Waals surface area contributed by atoms with Crippen LogP contribution in [0.15, 0.2) is 11.6 Å². The third-order valence-corrected chi connectivity index (χ3v) is 2.08. The maximum atomic E-state index is 11.3. The largest absolute Gasteiger partial charge is 0.321 e. The van der Waals surface area contributed by atoms with E-state index in [1.54, 1.807) is 11.6 Å². The minimum absolute atomic E-state index is 0.0127. The van der Waals surface area contributed by atoms with Gasteiger partial charge in [-0.15, -0.1) is 0 Å². The Labute approximate surface area is 69.4 Å². The molecule has 60 valence electrons. The average Bonchev–Trinajstić information content (AvgIpc) is 2.53. The first-order chi connectivity index (χ1) is 5.25. The predicted octanol–water partition coefficient (Wildman–Crippen LogP) is 1.06. The van der Waals surface area contributed by atoms with Gasteiger partial charge in [0.25, 0.3) is 0 Å². The van der Waals surface area contributed by atoms with Gasteiger partial charge in [-0.1, -0.05) is 6.92 Å². The van der Waals surface area contributed by atoms with Gasteiger partial charge >= 0.3 is 0 Å². The van der Waals surface area contributed by atoms with Crippen molar-refractivity contribution < 1.29 is 4.79 Å². The van der Waals surface area contributed by atoms with Gasteiger partial charge < -0.3 is 5.73 Å². The molecule has 0 saturated heterocycles. The summed E-state index contributed by atoms with van der Waals surface area (Å²) in [7, 11) is 0. The van der Waals surface area contributed by atoms with Gasteiger partial charge in [0.2, 0.25) is 0 Å². The Kier molecular flexibility index (Phi) is 2.73. The van der Waals surface area contributed by atoms with Gasteiger partial charge in [-0.3, -0.25) is 4.79 Å². The number of hydrogen-bond donors (Lipinski definition) is 1. The topological polar surface area (TPSA) is 56.0 Å². The van der Waals surface area contributed by atoms with Crippen molar-refractivity contribution in [3.63, 3.8) is 0 Å². The van der Waals surface area contributed by atoms with Crippen molar-refractivity contribution in [1.29, 1.82) is 0 Å². The summed E-state index contributed by atoms with van der Waals surface area (Å²) < 4.78 is 3.83. The maximum Gasteiger partial charge on any atom is 0.181 e. The van der Waals surface area contributed by atoms with Gasteiger partial charge in [-0.25, -0.2) is 4.37 Å². The van der Waals surface area contributed by atoms with Crippen molar-refractivity contribution >= 4 is 17.3 Å². The fraction of sp³-hybridized carbons (Fsp3) is 0.429. The van der Waals surface area contributed by atoms with Crippen LogP contribution < -0.4 is 5.73 Å². The van der Waals surface area contributed by atoms with Gasteiger partial charge in [-0.2, -0.15) is 0 Å². The van der Waals surface area contributed by atoms with Crippen LogP contribution in [0.1, 0.15) is 23.7 Å². The van der Waals surface area contributed by atoms with E-state index in [0.29, 0.717) is 12.0 Å². The molecular weight excluding hydrogens is 160 g/mol. The number of hydrogen-bond acceptors (Lipinski definition) is 4. The van der Waals surface area contributed by atoms with Crippen LogP contribution in [0.2, 0.25) is 0 Å². The maximum absolute atomic E-state index is 11.3. The number of nitrogens with zero attached hydrogens (tertiary/aromatic N) is 1. The fourth-order valence-corrected chi connectivity index (χ4v) is 1.25. The van der Waals surface area contributed by atoms with E-state index >= 15 is 0 Å². The Hall–Kier alpha value is -0.740. The smallest absolute Gasteiger partial charge is 0.181 e. The zero-order valence-electron chi connectivity index (χ0n) is 6.28. The standard InChI is InChI=1S/C7H10N2OS/c1-2-6(8)7(10)5-3-9-11-4-5/h3-4,6H,2,8H2,1H3/t6-/m1/s1. The van der Waals surface area contributed by atoms with E-state index in [9.17, 15) is 4.79 Å². The molecule has 2 N–H and O–H groups in total. The molecule has 1 atom stereocenters. The molecule has 11 heavy (non-hydrogen) atoms. The summed E-state index contributed by atoms with van der Waals surface area (Å²) in [5.41, 5.74) is 6.16. The van der Waals surface area contributed by atoms with Crippen LogP contribution in [0, 0.1) is 0 Å². The van der Waals surface area contributed by atoms with Crippen LogP contribution >= 0.6 is 11.5 Å². The highest BCUT2D eigenvalue weighted by atomic mass is 32.1. The van der Waals surface area contributed by atoms with Crippen LogP contribution in [0.4, 0.5) is 0 Å². The molecule has 0 aliphatic rings. The number of Topliss-reactive ketones (excluding diaryl/α,β-unsaturated/α-hetero) is 1. The van der Waals surface area contributed by atoms with E-state index in [-0.39, 0.29) is 11.8 Å². The first-order valence-corrected chi connectivity index (χ1v) is 4.28. The number of rotatable bonds is 3. The summed E-state index contributed by atoms with van der Waals surface area (Å²) in [6.07, 6.45) is 2.23. The van der Waals surface area contributed by atoms with Gasteiger partial charge in [0.1, 0.15) is 0 Å². The number of ketones is 1. The van der Waals surface area contributed by atoms with E-state index in [1.165, 1.54) is 11.5 Å². The van der Waals surface area contributed by atoms with Gasteiger partial charge in [-0.05, 0) is 18.0 Å².